The molecule has 0 saturated heterocycles. The Bertz CT molecular complexity index is 453. The largest absolute Gasteiger partial charge is 0.240 e. The smallest absolute Gasteiger partial charge is 0.211 e. The molecule has 0 fully saturated rings. The van der Waals surface area contributed by atoms with E-state index in [9.17, 15) is 4.79 Å². The number of nitrogens with zero attached hydrogens (tertiary/aromatic N) is 1. The highest BCUT2D eigenvalue weighted by Crippen LogP contribution is 1.87. The normalized spacial score (nSPS) is 13.5. The first-order chi connectivity index (χ1) is 6.29. The Kier molecular flexibility index (Phi) is 3.18. The molecule has 13 heavy (non-hydrogen) atoms. The molecule has 0 radical (unpaired) electrons. The molecule has 0 amide bonds. The van der Waals surface area contributed by atoms with Gasteiger partial charge in [0, 0.05) is 5.22 Å². The molecule has 1 rings (SSSR count). The molecule has 0 aromatic heterocycles. The van der Waals surface area contributed by atoms with Crippen molar-refractivity contribution in [3.8, 4) is 0 Å². The fourth-order valence-electron chi connectivity index (χ4n) is 1.21. The first-order valence-corrected chi connectivity index (χ1v) is 4.09. The van der Waals surface area contributed by atoms with Crippen molar-refractivity contribution in [3.05, 3.63) is 34.7 Å². The van der Waals surface area contributed by atoms with Crippen molar-refractivity contribution in [3.63, 3.8) is 0 Å². The van der Waals surface area contributed by atoms with Gasteiger partial charge < -0.3 is 0 Å². The van der Waals surface area contributed by atoms with Gasteiger partial charge in [0.05, 0.1) is 5.70 Å². The summed E-state index contributed by atoms with van der Waals surface area (Å²) in [6.07, 6.45) is 3.53. The number of rotatable bonds is 1. The molecule has 0 aliphatic carbocycles. The molecule has 1 aromatic rings. The predicted octanol–water partition coefficient (Wildman–Crippen LogP) is 0.951. The van der Waals surface area contributed by atoms with E-state index in [4.69, 9.17) is 0 Å². The van der Waals surface area contributed by atoms with Gasteiger partial charge in [0.15, 0.2) is 0 Å². The Hall–Kier alpha value is -1.66. The minimum Gasteiger partial charge on any atom is -0.211 e. The molecule has 1 aromatic carbocycles. The topological polar surface area (TPSA) is 29.4 Å². The lowest BCUT2D eigenvalue weighted by Crippen LogP contribution is -2.24. The molecule has 0 bridgehead atoms. The van der Waals surface area contributed by atoms with Gasteiger partial charge in [-0.2, -0.15) is 4.99 Å². The molecule has 0 heterocycles. The number of hydrogen-bond acceptors (Lipinski definition) is 2. The van der Waals surface area contributed by atoms with Crippen LogP contribution in [0.2, 0.25) is 0 Å². The summed E-state index contributed by atoms with van der Waals surface area (Å²) >= 11 is 0. The summed E-state index contributed by atoms with van der Waals surface area (Å²) in [5.41, 5.74) is 0.698. The monoisotopic (exact) mass is 173 g/mol. The second-order valence-electron chi connectivity index (χ2n) is 2.66. The van der Waals surface area contributed by atoms with E-state index in [0.29, 0.717) is 5.70 Å². The van der Waals surface area contributed by atoms with Crippen molar-refractivity contribution in [2.45, 2.75) is 13.8 Å². The molecule has 0 aliphatic rings. The van der Waals surface area contributed by atoms with Crippen molar-refractivity contribution in [2.24, 2.45) is 4.99 Å². The average molecular weight is 173 g/mol. The second-order valence-corrected chi connectivity index (χ2v) is 2.66. The maximum absolute atomic E-state index is 10.1. The Morgan fingerprint density at radius 3 is 2.77 bits per heavy atom. The number of hydrogen-bond donors (Lipinski definition) is 0. The van der Waals surface area contributed by atoms with Gasteiger partial charge in [-0.15, -0.1) is 0 Å². The maximum atomic E-state index is 10.1. The van der Waals surface area contributed by atoms with E-state index in [1.54, 1.807) is 13.0 Å². The van der Waals surface area contributed by atoms with Crippen LogP contribution in [0.5, 0.6) is 0 Å². The van der Waals surface area contributed by atoms with Crippen LogP contribution in [-0.4, -0.2) is 6.08 Å². The summed E-state index contributed by atoms with van der Waals surface area (Å²) in [6, 6.07) is 7.80. The standard InChI is InChI=1S/C11H11NO/c1-3-10-6-4-5-7-11(10)9(2)12-8-13/h3-7H,1-2H3. The minimum atomic E-state index is 0.698. The zero-order chi connectivity index (χ0) is 9.68. The SMILES string of the molecule is CC=c1ccccc1=C(C)N=C=O. The second kappa shape index (κ2) is 4.39. The van der Waals surface area contributed by atoms with Gasteiger partial charge in [0.25, 0.3) is 0 Å². The first-order valence-electron chi connectivity index (χ1n) is 4.09. The lowest BCUT2D eigenvalue weighted by molar-refractivity contribution is 0.565. The fraction of sp³-hybridized carbons (Fsp3) is 0.182. The maximum Gasteiger partial charge on any atom is 0.240 e. The van der Waals surface area contributed by atoms with Crippen LogP contribution >= 0.6 is 0 Å². The minimum absolute atomic E-state index is 0.698. The highest BCUT2D eigenvalue weighted by atomic mass is 16.1. The first kappa shape index (κ1) is 9.43. The summed E-state index contributed by atoms with van der Waals surface area (Å²) in [5.74, 6) is 0. The molecule has 2 heteroatoms. The Morgan fingerprint density at radius 2 is 2.15 bits per heavy atom. The lowest BCUT2D eigenvalue weighted by Gasteiger charge is -1.91. The average Bonchev–Trinajstić information content (AvgIpc) is 2.18. The van der Waals surface area contributed by atoms with Gasteiger partial charge >= 0.3 is 0 Å². The molecule has 0 unspecified atom stereocenters. The highest BCUT2D eigenvalue weighted by molar-refractivity contribution is 5.52. The van der Waals surface area contributed by atoms with E-state index in [1.807, 2.05) is 37.3 Å². The lowest BCUT2D eigenvalue weighted by atomic mass is 10.2. The van der Waals surface area contributed by atoms with E-state index >= 15 is 0 Å². The van der Waals surface area contributed by atoms with E-state index in [2.05, 4.69) is 4.99 Å². The molecule has 0 saturated carbocycles. The number of isocyanates is 1. The quantitative estimate of drug-likeness (QED) is 0.459. The summed E-state index contributed by atoms with van der Waals surface area (Å²) in [7, 11) is 0. The van der Waals surface area contributed by atoms with Crippen LogP contribution < -0.4 is 10.4 Å². The molecule has 66 valence electrons. The van der Waals surface area contributed by atoms with Crippen LogP contribution in [0.4, 0.5) is 0 Å². The van der Waals surface area contributed by atoms with Crippen molar-refractivity contribution in [2.75, 3.05) is 0 Å². The Labute approximate surface area is 76.9 Å². The molecule has 0 atom stereocenters. The number of benzene rings is 1. The molecular weight excluding hydrogens is 162 g/mol. The predicted molar refractivity (Wildman–Crippen MR) is 53.0 cm³/mol. The van der Waals surface area contributed by atoms with Crippen LogP contribution in [0.25, 0.3) is 11.8 Å². The van der Waals surface area contributed by atoms with Crippen molar-refractivity contribution >= 4 is 17.9 Å². The van der Waals surface area contributed by atoms with Crippen LogP contribution in [0, 0.1) is 0 Å². The summed E-state index contributed by atoms with van der Waals surface area (Å²) in [4.78, 5) is 13.7. The summed E-state index contributed by atoms with van der Waals surface area (Å²) < 4.78 is 0. The van der Waals surface area contributed by atoms with E-state index < -0.39 is 0 Å². The van der Waals surface area contributed by atoms with E-state index in [0.717, 1.165) is 10.4 Å². The zero-order valence-corrected chi connectivity index (χ0v) is 7.74. The van der Waals surface area contributed by atoms with Crippen LogP contribution in [0.1, 0.15) is 13.8 Å². The molecule has 2 nitrogen and oxygen atoms in total. The van der Waals surface area contributed by atoms with Crippen LogP contribution in [0.15, 0.2) is 29.3 Å². The summed E-state index contributed by atoms with van der Waals surface area (Å²) in [6.45, 7) is 3.75. The highest BCUT2D eigenvalue weighted by Gasteiger charge is 1.88. The molecule has 0 N–H and O–H groups in total. The Morgan fingerprint density at radius 1 is 1.46 bits per heavy atom. The van der Waals surface area contributed by atoms with Crippen molar-refractivity contribution in [1.82, 2.24) is 0 Å². The van der Waals surface area contributed by atoms with Gasteiger partial charge in [-0.1, -0.05) is 30.3 Å². The summed E-state index contributed by atoms with van der Waals surface area (Å²) in [5, 5.41) is 2.06. The number of aliphatic imine (C=N–C) groups is 1. The van der Waals surface area contributed by atoms with Gasteiger partial charge in [0.1, 0.15) is 0 Å². The van der Waals surface area contributed by atoms with Gasteiger partial charge in [-0.25, -0.2) is 4.79 Å². The van der Waals surface area contributed by atoms with Crippen LogP contribution in [0.3, 0.4) is 0 Å². The third-order valence-corrected chi connectivity index (χ3v) is 1.87. The van der Waals surface area contributed by atoms with Crippen LogP contribution in [-0.2, 0) is 4.79 Å². The third-order valence-electron chi connectivity index (χ3n) is 1.87. The molecular formula is C11H11NO. The van der Waals surface area contributed by atoms with Gasteiger partial charge in [0.2, 0.25) is 6.08 Å². The third kappa shape index (κ3) is 2.14. The molecule has 0 spiro atoms. The van der Waals surface area contributed by atoms with Gasteiger partial charge in [-0.05, 0) is 19.1 Å². The van der Waals surface area contributed by atoms with Gasteiger partial charge in [-0.3, -0.25) is 0 Å². The number of carbonyl (C=O) groups excluding carboxylic acids is 1. The molecule has 0 aliphatic heterocycles. The van der Waals surface area contributed by atoms with E-state index in [1.165, 1.54) is 0 Å². The van der Waals surface area contributed by atoms with Crippen molar-refractivity contribution in [1.29, 1.82) is 0 Å². The van der Waals surface area contributed by atoms with Crippen molar-refractivity contribution < 1.29 is 4.79 Å². The zero-order valence-electron chi connectivity index (χ0n) is 7.74. The Balaban J connectivity index is 3.63. The fourth-order valence-corrected chi connectivity index (χ4v) is 1.21. The van der Waals surface area contributed by atoms with E-state index in [-0.39, 0.29) is 0 Å².